The Morgan fingerprint density at radius 1 is 1.17 bits per heavy atom. The van der Waals surface area contributed by atoms with Gasteiger partial charge in [0, 0.05) is 18.7 Å². The zero-order valence-electron chi connectivity index (χ0n) is 10.0. The fourth-order valence-corrected chi connectivity index (χ4v) is 1.80. The van der Waals surface area contributed by atoms with E-state index in [1.165, 1.54) is 0 Å². The van der Waals surface area contributed by atoms with Crippen molar-refractivity contribution in [3.63, 3.8) is 0 Å². The summed E-state index contributed by atoms with van der Waals surface area (Å²) in [6.07, 6.45) is 1.66. The fourth-order valence-electron chi connectivity index (χ4n) is 1.80. The van der Waals surface area contributed by atoms with Crippen molar-refractivity contribution in [2.75, 3.05) is 7.11 Å². The van der Waals surface area contributed by atoms with Crippen molar-refractivity contribution in [1.29, 1.82) is 0 Å². The van der Waals surface area contributed by atoms with E-state index in [2.05, 4.69) is 15.0 Å². The molecule has 0 saturated carbocycles. The molecule has 0 unspecified atom stereocenters. The molecular formula is C13H11N3O2. The summed E-state index contributed by atoms with van der Waals surface area (Å²) in [4.78, 5) is 12.5. The second kappa shape index (κ2) is 4.10. The van der Waals surface area contributed by atoms with E-state index in [-0.39, 0.29) is 0 Å². The third-order valence-corrected chi connectivity index (χ3v) is 2.61. The summed E-state index contributed by atoms with van der Waals surface area (Å²) >= 11 is 0. The second-order valence-corrected chi connectivity index (χ2v) is 3.84. The number of hydrogen-bond donors (Lipinski definition) is 0. The largest absolute Gasteiger partial charge is 0.467 e. The smallest absolute Gasteiger partial charge is 0.316 e. The van der Waals surface area contributed by atoms with E-state index in [9.17, 15) is 0 Å². The van der Waals surface area contributed by atoms with Gasteiger partial charge in [-0.15, -0.1) is 0 Å². The van der Waals surface area contributed by atoms with Crippen molar-refractivity contribution < 1.29 is 9.15 Å². The van der Waals surface area contributed by atoms with Crippen molar-refractivity contribution in [1.82, 2.24) is 15.0 Å². The number of nitrogens with zero attached hydrogens (tertiary/aromatic N) is 3. The first-order chi connectivity index (χ1) is 8.76. The third-order valence-electron chi connectivity index (χ3n) is 2.61. The van der Waals surface area contributed by atoms with Gasteiger partial charge in [0.15, 0.2) is 11.5 Å². The lowest BCUT2D eigenvalue weighted by Gasteiger charge is -2.02. The van der Waals surface area contributed by atoms with Gasteiger partial charge in [0.2, 0.25) is 0 Å². The van der Waals surface area contributed by atoms with Crippen LogP contribution < -0.4 is 4.74 Å². The molecule has 3 aromatic rings. The first-order valence-electron chi connectivity index (χ1n) is 5.51. The SMILES string of the molecule is COc1nccc(-c2ccc3nc(C)oc3c2)n1. The molecule has 2 aromatic heterocycles. The molecule has 5 nitrogen and oxygen atoms in total. The standard InChI is InChI=1S/C13H11N3O2/c1-8-15-11-4-3-9(7-12(11)18-8)10-5-6-14-13(16-10)17-2/h3-7H,1-2H3. The number of aromatic nitrogens is 3. The highest BCUT2D eigenvalue weighted by molar-refractivity contribution is 5.79. The highest BCUT2D eigenvalue weighted by Gasteiger charge is 2.06. The van der Waals surface area contributed by atoms with Gasteiger partial charge in [-0.25, -0.2) is 9.97 Å². The Morgan fingerprint density at radius 3 is 2.89 bits per heavy atom. The molecule has 90 valence electrons. The predicted octanol–water partition coefficient (Wildman–Crippen LogP) is 2.60. The number of ether oxygens (including phenoxy) is 1. The van der Waals surface area contributed by atoms with Gasteiger partial charge in [-0.2, -0.15) is 4.98 Å². The van der Waals surface area contributed by atoms with Crippen molar-refractivity contribution in [2.45, 2.75) is 6.92 Å². The van der Waals surface area contributed by atoms with Crippen LogP contribution in [0.4, 0.5) is 0 Å². The van der Waals surface area contributed by atoms with Crippen molar-refractivity contribution in [3.8, 4) is 17.3 Å². The summed E-state index contributed by atoms with van der Waals surface area (Å²) in [6.45, 7) is 1.83. The van der Waals surface area contributed by atoms with Crippen LogP contribution in [0.25, 0.3) is 22.4 Å². The maximum absolute atomic E-state index is 5.50. The molecular weight excluding hydrogens is 230 g/mol. The summed E-state index contributed by atoms with van der Waals surface area (Å²) in [5.41, 5.74) is 3.33. The minimum Gasteiger partial charge on any atom is -0.467 e. The number of benzene rings is 1. The van der Waals surface area contributed by atoms with E-state index in [1.807, 2.05) is 31.2 Å². The Morgan fingerprint density at radius 2 is 2.06 bits per heavy atom. The fraction of sp³-hybridized carbons (Fsp3) is 0.154. The van der Waals surface area contributed by atoms with Crippen molar-refractivity contribution in [2.24, 2.45) is 0 Å². The van der Waals surface area contributed by atoms with Gasteiger partial charge in [-0.3, -0.25) is 0 Å². The number of oxazole rings is 1. The van der Waals surface area contributed by atoms with Crippen LogP contribution >= 0.6 is 0 Å². The van der Waals surface area contributed by atoms with Crippen molar-refractivity contribution >= 4 is 11.1 Å². The molecule has 0 N–H and O–H groups in total. The van der Waals surface area contributed by atoms with Gasteiger partial charge in [0.25, 0.3) is 0 Å². The Bertz CT molecular complexity index is 706. The summed E-state index contributed by atoms with van der Waals surface area (Å²) in [5, 5.41) is 0. The van der Waals surface area contributed by atoms with E-state index in [0.717, 1.165) is 22.4 Å². The predicted molar refractivity (Wildman–Crippen MR) is 66.3 cm³/mol. The van der Waals surface area contributed by atoms with Gasteiger partial charge >= 0.3 is 6.01 Å². The van der Waals surface area contributed by atoms with E-state index < -0.39 is 0 Å². The lowest BCUT2D eigenvalue weighted by Crippen LogP contribution is -1.92. The van der Waals surface area contributed by atoms with Crippen molar-refractivity contribution in [3.05, 3.63) is 36.4 Å². The quantitative estimate of drug-likeness (QED) is 0.690. The van der Waals surface area contributed by atoms with E-state index in [1.54, 1.807) is 13.3 Å². The molecule has 5 heteroatoms. The van der Waals surface area contributed by atoms with E-state index in [0.29, 0.717) is 11.9 Å². The zero-order valence-corrected chi connectivity index (χ0v) is 10.0. The van der Waals surface area contributed by atoms with Crippen LogP contribution in [0.15, 0.2) is 34.9 Å². The molecule has 0 amide bonds. The molecule has 0 aliphatic rings. The molecule has 0 saturated heterocycles. The highest BCUT2D eigenvalue weighted by atomic mass is 16.5. The first-order valence-corrected chi connectivity index (χ1v) is 5.51. The zero-order chi connectivity index (χ0) is 12.5. The third kappa shape index (κ3) is 1.79. The van der Waals surface area contributed by atoms with Crippen LogP contribution in [-0.4, -0.2) is 22.1 Å². The number of fused-ring (bicyclic) bond motifs is 1. The minimum atomic E-state index is 0.348. The van der Waals surface area contributed by atoms with Gasteiger partial charge in [0.1, 0.15) is 5.52 Å². The molecule has 0 atom stereocenters. The summed E-state index contributed by atoms with van der Waals surface area (Å²) in [7, 11) is 1.54. The molecule has 18 heavy (non-hydrogen) atoms. The van der Waals surface area contributed by atoms with E-state index in [4.69, 9.17) is 9.15 Å². The average Bonchev–Trinajstić information content (AvgIpc) is 2.77. The molecule has 1 aromatic carbocycles. The second-order valence-electron chi connectivity index (χ2n) is 3.84. The van der Waals surface area contributed by atoms with Gasteiger partial charge in [-0.1, -0.05) is 6.07 Å². The van der Waals surface area contributed by atoms with Gasteiger partial charge in [0.05, 0.1) is 12.8 Å². The van der Waals surface area contributed by atoms with Gasteiger partial charge < -0.3 is 9.15 Å². The van der Waals surface area contributed by atoms with E-state index >= 15 is 0 Å². The first kappa shape index (κ1) is 10.7. The lowest BCUT2D eigenvalue weighted by molar-refractivity contribution is 0.380. The lowest BCUT2D eigenvalue weighted by atomic mass is 10.1. The topological polar surface area (TPSA) is 61.0 Å². The van der Waals surface area contributed by atoms with Crippen LogP contribution in [0.5, 0.6) is 6.01 Å². The normalized spacial score (nSPS) is 10.8. The number of hydrogen-bond acceptors (Lipinski definition) is 5. The summed E-state index contributed by atoms with van der Waals surface area (Å²) < 4.78 is 10.5. The molecule has 2 heterocycles. The Labute approximate surface area is 103 Å². The molecule has 0 fully saturated rings. The highest BCUT2D eigenvalue weighted by Crippen LogP contribution is 2.24. The van der Waals surface area contributed by atoms with Crippen LogP contribution in [0.2, 0.25) is 0 Å². The maximum atomic E-state index is 5.50. The van der Waals surface area contributed by atoms with Crippen LogP contribution in [0, 0.1) is 6.92 Å². The number of rotatable bonds is 2. The molecule has 3 rings (SSSR count). The van der Waals surface area contributed by atoms with Crippen LogP contribution in [0.3, 0.4) is 0 Å². The van der Waals surface area contributed by atoms with Crippen LogP contribution in [0.1, 0.15) is 5.89 Å². The maximum Gasteiger partial charge on any atom is 0.316 e. The van der Waals surface area contributed by atoms with Gasteiger partial charge in [-0.05, 0) is 18.2 Å². The minimum absolute atomic E-state index is 0.348. The Hall–Kier alpha value is -2.43. The number of methoxy groups -OCH3 is 1. The average molecular weight is 241 g/mol. The van der Waals surface area contributed by atoms with Crippen LogP contribution in [-0.2, 0) is 0 Å². The molecule has 0 aliphatic heterocycles. The Balaban J connectivity index is 2.12. The Kier molecular flexibility index (Phi) is 2.44. The molecule has 0 spiro atoms. The summed E-state index contributed by atoms with van der Waals surface area (Å²) in [5.74, 6) is 0.655. The summed E-state index contributed by atoms with van der Waals surface area (Å²) in [6, 6.07) is 7.95. The molecule has 0 aliphatic carbocycles. The number of aryl methyl sites for hydroxylation is 1. The molecule has 0 radical (unpaired) electrons. The molecule has 0 bridgehead atoms. The monoisotopic (exact) mass is 241 g/mol.